The predicted octanol–water partition coefficient (Wildman–Crippen LogP) is 4.07. The maximum absolute atomic E-state index is 4.75. The Balaban J connectivity index is 1.74. The van der Waals surface area contributed by atoms with Crippen LogP contribution in [-0.4, -0.2) is 14.4 Å². The molecule has 0 saturated heterocycles. The Morgan fingerprint density at radius 2 is 2.05 bits per heavy atom. The van der Waals surface area contributed by atoms with Gasteiger partial charge in [0.25, 0.3) is 0 Å². The lowest BCUT2D eigenvalue weighted by Crippen LogP contribution is -2.04. The number of imidazole rings is 1. The monoisotopic (exact) mass is 306 g/mol. The van der Waals surface area contributed by atoms with Gasteiger partial charge in [0.05, 0.1) is 5.69 Å². The summed E-state index contributed by atoms with van der Waals surface area (Å²) in [6.07, 6.45) is 5.74. The van der Waals surface area contributed by atoms with Gasteiger partial charge in [-0.25, -0.2) is 9.97 Å². The van der Waals surface area contributed by atoms with Crippen molar-refractivity contribution in [3.63, 3.8) is 0 Å². The number of hydrogen-bond donors (Lipinski definition) is 1. The average Bonchev–Trinajstić information content (AvgIpc) is 3.24. The second-order valence-corrected chi connectivity index (χ2v) is 5.76. The molecule has 0 spiro atoms. The van der Waals surface area contributed by atoms with Crippen LogP contribution in [0.4, 0.5) is 5.82 Å². The molecular formula is C17H14N4S. The maximum Gasteiger partial charge on any atom is 0.180 e. The molecule has 0 fully saturated rings. The van der Waals surface area contributed by atoms with Gasteiger partial charge in [-0.15, -0.1) is 0 Å². The molecule has 1 aromatic carbocycles. The number of anilines is 1. The molecule has 4 rings (SSSR count). The average molecular weight is 306 g/mol. The Kier molecular flexibility index (Phi) is 3.33. The zero-order valence-corrected chi connectivity index (χ0v) is 12.6. The van der Waals surface area contributed by atoms with E-state index in [-0.39, 0.29) is 0 Å². The van der Waals surface area contributed by atoms with Crippen molar-refractivity contribution in [3.8, 4) is 11.3 Å². The highest BCUT2D eigenvalue weighted by atomic mass is 32.1. The molecule has 0 atom stereocenters. The van der Waals surface area contributed by atoms with Crippen LogP contribution in [0.5, 0.6) is 0 Å². The van der Waals surface area contributed by atoms with Gasteiger partial charge in [-0.2, -0.15) is 11.3 Å². The first-order chi connectivity index (χ1) is 10.9. The molecule has 0 radical (unpaired) electrons. The van der Waals surface area contributed by atoms with E-state index in [1.54, 1.807) is 17.5 Å². The van der Waals surface area contributed by atoms with Gasteiger partial charge in [0.1, 0.15) is 0 Å². The van der Waals surface area contributed by atoms with Gasteiger partial charge < -0.3 is 9.72 Å². The van der Waals surface area contributed by atoms with Crippen molar-refractivity contribution in [3.05, 3.63) is 71.3 Å². The summed E-state index contributed by atoms with van der Waals surface area (Å²) in [6.45, 7) is 0.747. The second kappa shape index (κ2) is 5.61. The summed E-state index contributed by atoms with van der Waals surface area (Å²) in [7, 11) is 0. The number of aromatic nitrogens is 3. The van der Waals surface area contributed by atoms with E-state index in [1.165, 1.54) is 5.56 Å². The first kappa shape index (κ1) is 13.0. The normalized spacial score (nSPS) is 10.9. The molecule has 0 saturated carbocycles. The van der Waals surface area contributed by atoms with E-state index in [9.17, 15) is 0 Å². The molecule has 4 aromatic rings. The smallest absolute Gasteiger partial charge is 0.180 e. The zero-order valence-electron chi connectivity index (χ0n) is 11.8. The first-order valence-electron chi connectivity index (χ1n) is 7.04. The van der Waals surface area contributed by atoms with Gasteiger partial charge in [-0.3, -0.25) is 0 Å². The van der Waals surface area contributed by atoms with Crippen LogP contribution in [-0.2, 0) is 6.54 Å². The fourth-order valence-corrected chi connectivity index (χ4v) is 3.05. The highest BCUT2D eigenvalue weighted by Gasteiger charge is 2.08. The topological polar surface area (TPSA) is 42.2 Å². The lowest BCUT2D eigenvalue weighted by Gasteiger charge is -2.09. The largest absolute Gasteiger partial charge is 0.363 e. The van der Waals surface area contributed by atoms with Crippen LogP contribution in [0.3, 0.4) is 0 Å². The number of benzene rings is 1. The van der Waals surface area contributed by atoms with Gasteiger partial charge in [0, 0.05) is 30.7 Å². The van der Waals surface area contributed by atoms with Gasteiger partial charge in [0.2, 0.25) is 0 Å². The second-order valence-electron chi connectivity index (χ2n) is 4.98. The number of rotatable bonds is 4. The number of thiophene rings is 1. The molecule has 0 unspecified atom stereocenters. The summed E-state index contributed by atoms with van der Waals surface area (Å²) in [5.41, 5.74) is 4.12. The third-order valence-corrected chi connectivity index (χ3v) is 4.22. The first-order valence-corrected chi connectivity index (χ1v) is 7.98. The summed E-state index contributed by atoms with van der Waals surface area (Å²) >= 11 is 1.70. The van der Waals surface area contributed by atoms with Gasteiger partial charge in [0.15, 0.2) is 11.5 Å². The van der Waals surface area contributed by atoms with Crippen molar-refractivity contribution in [1.29, 1.82) is 0 Å². The molecule has 5 heteroatoms. The molecule has 0 bridgehead atoms. The van der Waals surface area contributed by atoms with Crippen LogP contribution < -0.4 is 5.32 Å². The third-order valence-electron chi connectivity index (χ3n) is 3.48. The Bertz CT molecular complexity index is 882. The summed E-state index contributed by atoms with van der Waals surface area (Å²) in [5.74, 6) is 0.803. The SMILES string of the molecule is c1ccc(-c2cn3ccnc3c(NCc3ccsc3)n2)cc1. The van der Waals surface area contributed by atoms with Gasteiger partial charge in [-0.1, -0.05) is 30.3 Å². The third kappa shape index (κ3) is 2.46. The Morgan fingerprint density at radius 1 is 1.14 bits per heavy atom. The van der Waals surface area contributed by atoms with E-state index >= 15 is 0 Å². The van der Waals surface area contributed by atoms with Gasteiger partial charge >= 0.3 is 0 Å². The quantitative estimate of drug-likeness (QED) is 0.618. The highest BCUT2D eigenvalue weighted by Crippen LogP contribution is 2.22. The highest BCUT2D eigenvalue weighted by molar-refractivity contribution is 7.07. The van der Waals surface area contributed by atoms with Crippen molar-refractivity contribution in [1.82, 2.24) is 14.4 Å². The fraction of sp³-hybridized carbons (Fsp3) is 0.0588. The molecule has 3 heterocycles. The molecule has 108 valence electrons. The minimum atomic E-state index is 0.747. The fourth-order valence-electron chi connectivity index (χ4n) is 2.38. The van der Waals surface area contributed by atoms with E-state index in [0.717, 1.165) is 29.3 Å². The molecule has 1 N–H and O–H groups in total. The van der Waals surface area contributed by atoms with Crippen molar-refractivity contribution < 1.29 is 0 Å². The maximum atomic E-state index is 4.75. The Hall–Kier alpha value is -2.66. The van der Waals surface area contributed by atoms with Crippen molar-refractivity contribution in [2.75, 3.05) is 5.32 Å². The van der Waals surface area contributed by atoms with Crippen LogP contribution in [0.15, 0.2) is 65.7 Å². The minimum Gasteiger partial charge on any atom is -0.363 e. The molecule has 0 aliphatic carbocycles. The minimum absolute atomic E-state index is 0.747. The molecule has 0 aliphatic rings. The van der Waals surface area contributed by atoms with E-state index < -0.39 is 0 Å². The lowest BCUT2D eigenvalue weighted by atomic mass is 10.2. The van der Waals surface area contributed by atoms with Crippen molar-refractivity contribution in [2.24, 2.45) is 0 Å². The van der Waals surface area contributed by atoms with Crippen LogP contribution in [0, 0.1) is 0 Å². The van der Waals surface area contributed by atoms with Crippen LogP contribution in [0.2, 0.25) is 0 Å². The molecule has 4 nitrogen and oxygen atoms in total. The number of nitrogens with zero attached hydrogens (tertiary/aromatic N) is 3. The van der Waals surface area contributed by atoms with E-state index in [4.69, 9.17) is 4.98 Å². The number of hydrogen-bond acceptors (Lipinski definition) is 4. The number of fused-ring (bicyclic) bond motifs is 1. The molecule has 3 aromatic heterocycles. The summed E-state index contributed by atoms with van der Waals surface area (Å²) in [5, 5.41) is 7.61. The predicted molar refractivity (Wildman–Crippen MR) is 90.1 cm³/mol. The molecular weight excluding hydrogens is 292 g/mol. The van der Waals surface area contributed by atoms with Crippen LogP contribution in [0.25, 0.3) is 16.9 Å². The van der Waals surface area contributed by atoms with E-state index in [1.807, 2.05) is 35.0 Å². The summed E-state index contributed by atoms with van der Waals surface area (Å²) < 4.78 is 2.01. The lowest BCUT2D eigenvalue weighted by molar-refractivity contribution is 1.08. The van der Waals surface area contributed by atoms with Crippen LogP contribution in [0.1, 0.15) is 5.56 Å². The Morgan fingerprint density at radius 3 is 2.86 bits per heavy atom. The Labute approximate surface area is 132 Å². The van der Waals surface area contributed by atoms with Crippen molar-refractivity contribution in [2.45, 2.75) is 6.54 Å². The zero-order chi connectivity index (χ0) is 14.8. The van der Waals surface area contributed by atoms with Crippen LogP contribution >= 0.6 is 11.3 Å². The van der Waals surface area contributed by atoms with Crippen molar-refractivity contribution >= 4 is 22.8 Å². The summed E-state index contributed by atoms with van der Waals surface area (Å²) in [4.78, 5) is 9.15. The number of nitrogens with one attached hydrogen (secondary N) is 1. The molecule has 0 aliphatic heterocycles. The van der Waals surface area contributed by atoms with Gasteiger partial charge in [-0.05, 0) is 22.4 Å². The van der Waals surface area contributed by atoms with E-state index in [0.29, 0.717) is 0 Å². The molecule has 0 amide bonds. The molecule has 22 heavy (non-hydrogen) atoms. The van der Waals surface area contributed by atoms with E-state index in [2.05, 4.69) is 39.3 Å². The standard InChI is InChI=1S/C17H14N4S/c1-2-4-14(5-3-1)15-11-21-8-7-18-17(21)16(20-15)19-10-13-6-9-22-12-13/h1-9,11-12H,10H2,(H,19,20). The summed E-state index contributed by atoms with van der Waals surface area (Å²) in [6, 6.07) is 12.3.